The average molecular weight is 451 g/mol. The highest BCUT2D eigenvalue weighted by atomic mass is 16.5. The van der Waals surface area contributed by atoms with E-state index in [-0.39, 0.29) is 23.8 Å². The van der Waals surface area contributed by atoms with E-state index in [4.69, 9.17) is 4.74 Å². The highest BCUT2D eigenvalue weighted by Gasteiger charge is 2.68. The molecule has 0 aromatic heterocycles. The van der Waals surface area contributed by atoms with E-state index >= 15 is 0 Å². The van der Waals surface area contributed by atoms with Gasteiger partial charge in [0.05, 0.1) is 35.1 Å². The van der Waals surface area contributed by atoms with Crippen molar-refractivity contribution in [3.05, 3.63) is 101 Å². The molecule has 2 amide bonds. The summed E-state index contributed by atoms with van der Waals surface area (Å²) in [7, 11) is 0. The summed E-state index contributed by atoms with van der Waals surface area (Å²) >= 11 is 0. The van der Waals surface area contributed by atoms with Gasteiger partial charge < -0.3 is 9.53 Å². The van der Waals surface area contributed by atoms with Gasteiger partial charge in [0.1, 0.15) is 6.29 Å². The van der Waals surface area contributed by atoms with Gasteiger partial charge in [0.2, 0.25) is 11.8 Å². The smallest absolute Gasteiger partial charge is 0.340 e. The molecule has 3 aromatic rings. The quantitative estimate of drug-likeness (QED) is 0.344. The lowest BCUT2D eigenvalue weighted by Gasteiger charge is -2.51. The first-order valence-electron chi connectivity index (χ1n) is 11.3. The highest BCUT2D eigenvalue weighted by molar-refractivity contribution is 6.26. The second-order valence-electron chi connectivity index (χ2n) is 8.89. The lowest BCUT2D eigenvalue weighted by atomic mass is 9.48. The monoisotopic (exact) mass is 451 g/mol. The standard InChI is InChI=1S/C28H21NO5/c1-2-34-27(33)18-11-5-8-14-21(18)29-25(31)23-22-16-9-3-6-12-19(16)28(15-30,24(23)26(29)32)20-13-7-4-10-17(20)22/h3-15,22-24H,2H2,1H3/t22?,23-,24+,28?/m1/s1. The van der Waals surface area contributed by atoms with Gasteiger partial charge in [-0.2, -0.15) is 0 Å². The van der Waals surface area contributed by atoms with Crippen molar-refractivity contribution >= 4 is 29.8 Å². The Morgan fingerprint density at radius 3 is 2.12 bits per heavy atom. The number of nitrogens with zero attached hydrogens (tertiary/aromatic N) is 1. The van der Waals surface area contributed by atoms with Crippen molar-refractivity contribution in [3.8, 4) is 0 Å². The van der Waals surface area contributed by atoms with E-state index in [1.165, 1.54) is 0 Å². The van der Waals surface area contributed by atoms with Gasteiger partial charge in [-0.05, 0) is 41.3 Å². The van der Waals surface area contributed by atoms with Crippen molar-refractivity contribution in [1.29, 1.82) is 0 Å². The minimum absolute atomic E-state index is 0.146. The summed E-state index contributed by atoms with van der Waals surface area (Å²) in [6, 6.07) is 21.6. The van der Waals surface area contributed by atoms with Crippen LogP contribution >= 0.6 is 0 Å². The van der Waals surface area contributed by atoms with Gasteiger partial charge >= 0.3 is 5.97 Å². The lowest BCUT2D eigenvalue weighted by Crippen LogP contribution is -2.54. The number of rotatable bonds is 4. The van der Waals surface area contributed by atoms with Gasteiger partial charge in [-0.1, -0.05) is 60.7 Å². The fraction of sp³-hybridized carbons (Fsp3) is 0.214. The third-order valence-electron chi connectivity index (χ3n) is 7.51. The number of anilines is 1. The molecule has 3 aliphatic carbocycles. The predicted molar refractivity (Wildman–Crippen MR) is 123 cm³/mol. The van der Waals surface area contributed by atoms with Gasteiger partial charge in [0.15, 0.2) is 0 Å². The molecule has 1 heterocycles. The lowest BCUT2D eigenvalue weighted by molar-refractivity contribution is -0.128. The Morgan fingerprint density at radius 2 is 1.50 bits per heavy atom. The van der Waals surface area contributed by atoms with E-state index in [1.807, 2.05) is 48.5 Å². The second kappa shape index (κ2) is 7.22. The predicted octanol–water partition coefficient (Wildman–Crippen LogP) is 3.61. The molecule has 0 saturated carbocycles. The Kier molecular flexibility index (Phi) is 4.36. The second-order valence-corrected chi connectivity index (χ2v) is 8.89. The molecular weight excluding hydrogens is 430 g/mol. The summed E-state index contributed by atoms with van der Waals surface area (Å²) in [5, 5.41) is 0. The van der Waals surface area contributed by atoms with E-state index in [1.54, 1.807) is 31.2 Å². The van der Waals surface area contributed by atoms with Crippen LogP contribution in [0.15, 0.2) is 72.8 Å². The van der Waals surface area contributed by atoms with Crippen LogP contribution in [0, 0.1) is 11.8 Å². The highest BCUT2D eigenvalue weighted by Crippen LogP contribution is 2.63. The van der Waals surface area contributed by atoms with Crippen LogP contribution in [0.5, 0.6) is 0 Å². The first kappa shape index (κ1) is 20.5. The minimum Gasteiger partial charge on any atom is -0.462 e. The molecule has 6 heteroatoms. The SMILES string of the molecule is CCOC(=O)c1ccccc1N1C(=O)[C@@H]2C3c4ccccc4C(C=O)(c4ccccc43)[C@@H]2C1=O. The molecule has 0 radical (unpaired) electrons. The maximum Gasteiger partial charge on any atom is 0.340 e. The Morgan fingerprint density at radius 1 is 0.912 bits per heavy atom. The first-order chi connectivity index (χ1) is 16.6. The Bertz CT molecular complexity index is 1350. The molecule has 34 heavy (non-hydrogen) atoms. The van der Waals surface area contributed by atoms with E-state index < -0.39 is 35.0 Å². The number of esters is 1. The van der Waals surface area contributed by atoms with Gasteiger partial charge in [-0.25, -0.2) is 9.69 Å². The molecule has 7 rings (SSSR count). The average Bonchev–Trinajstić information content (AvgIpc) is 3.14. The summed E-state index contributed by atoms with van der Waals surface area (Å²) in [5.41, 5.74) is 2.42. The van der Waals surface area contributed by atoms with E-state index in [9.17, 15) is 19.2 Å². The van der Waals surface area contributed by atoms with E-state index in [0.717, 1.165) is 33.4 Å². The van der Waals surface area contributed by atoms with Crippen molar-refractivity contribution in [2.45, 2.75) is 18.3 Å². The topological polar surface area (TPSA) is 80.8 Å². The van der Waals surface area contributed by atoms with E-state index in [2.05, 4.69) is 0 Å². The molecule has 3 aromatic carbocycles. The van der Waals surface area contributed by atoms with Crippen molar-refractivity contribution < 1.29 is 23.9 Å². The molecular formula is C28H21NO5. The van der Waals surface area contributed by atoms with Crippen molar-refractivity contribution in [1.82, 2.24) is 0 Å². The summed E-state index contributed by atoms with van der Waals surface area (Å²) in [5.74, 6) is -3.44. The fourth-order valence-corrected chi connectivity index (χ4v) is 6.32. The van der Waals surface area contributed by atoms with Crippen LogP contribution < -0.4 is 4.90 Å². The minimum atomic E-state index is -1.27. The van der Waals surface area contributed by atoms with Gasteiger partial charge in [-0.3, -0.25) is 9.59 Å². The number of aldehydes is 1. The van der Waals surface area contributed by atoms with Crippen LogP contribution in [0.25, 0.3) is 0 Å². The molecule has 0 N–H and O–H groups in total. The van der Waals surface area contributed by atoms with Crippen molar-refractivity contribution in [2.24, 2.45) is 11.8 Å². The molecule has 1 fully saturated rings. The number of carbonyl (C=O) groups is 4. The molecule has 2 atom stereocenters. The largest absolute Gasteiger partial charge is 0.462 e. The summed E-state index contributed by atoms with van der Waals surface area (Å²) in [4.78, 5) is 54.8. The molecule has 4 aliphatic rings. The maximum atomic E-state index is 14.1. The number of hydrogen-bond donors (Lipinski definition) is 0. The van der Waals surface area contributed by atoms with E-state index in [0.29, 0.717) is 0 Å². The van der Waals surface area contributed by atoms with Crippen LogP contribution in [0.2, 0.25) is 0 Å². The Hall–Kier alpha value is -4.06. The number of hydrogen-bond acceptors (Lipinski definition) is 5. The van der Waals surface area contributed by atoms with Crippen molar-refractivity contribution in [3.63, 3.8) is 0 Å². The number of carbonyl (C=O) groups excluding carboxylic acids is 4. The summed E-state index contributed by atoms with van der Waals surface area (Å²) < 4.78 is 5.17. The molecule has 168 valence electrons. The molecule has 1 saturated heterocycles. The maximum absolute atomic E-state index is 14.1. The molecule has 0 unspecified atom stereocenters. The molecule has 6 nitrogen and oxygen atoms in total. The molecule has 2 bridgehead atoms. The number of benzene rings is 3. The fourth-order valence-electron chi connectivity index (χ4n) is 6.32. The zero-order valence-electron chi connectivity index (χ0n) is 18.4. The normalized spacial score (nSPS) is 26.0. The Labute approximate surface area is 196 Å². The van der Waals surface area contributed by atoms with Crippen LogP contribution in [0.3, 0.4) is 0 Å². The van der Waals surface area contributed by atoms with Crippen LogP contribution in [0.4, 0.5) is 5.69 Å². The van der Waals surface area contributed by atoms with Crippen LogP contribution in [-0.4, -0.2) is 30.7 Å². The third-order valence-corrected chi connectivity index (χ3v) is 7.51. The van der Waals surface area contributed by atoms with Gasteiger partial charge in [-0.15, -0.1) is 0 Å². The number of para-hydroxylation sites is 1. The van der Waals surface area contributed by atoms with Crippen molar-refractivity contribution in [2.75, 3.05) is 11.5 Å². The number of ether oxygens (including phenoxy) is 1. The summed E-state index contributed by atoms with van der Waals surface area (Å²) in [6.07, 6.45) is 0.837. The number of imide groups is 1. The first-order valence-corrected chi connectivity index (χ1v) is 11.3. The number of amides is 2. The van der Waals surface area contributed by atoms with Gasteiger partial charge in [0, 0.05) is 5.92 Å². The Balaban J connectivity index is 1.59. The zero-order chi connectivity index (χ0) is 23.6. The van der Waals surface area contributed by atoms with Crippen LogP contribution in [-0.2, 0) is 24.5 Å². The third kappa shape index (κ3) is 2.35. The molecule has 0 spiro atoms. The van der Waals surface area contributed by atoms with Gasteiger partial charge in [0.25, 0.3) is 0 Å². The zero-order valence-corrected chi connectivity index (χ0v) is 18.4. The van der Waals surface area contributed by atoms with Crippen LogP contribution in [0.1, 0.15) is 45.5 Å². The molecule has 1 aliphatic heterocycles. The summed E-state index contributed by atoms with van der Waals surface area (Å²) in [6.45, 7) is 1.86.